The first kappa shape index (κ1) is 13.4. The Hall–Kier alpha value is -0.640. The fourth-order valence-corrected chi connectivity index (χ4v) is 1.42. The molecule has 0 aromatic heterocycles. The molecule has 82 valence electrons. The van der Waals surface area contributed by atoms with Gasteiger partial charge in [0.15, 0.2) is 0 Å². The second kappa shape index (κ2) is 6.76. The third-order valence-electron chi connectivity index (χ3n) is 1.45. The van der Waals surface area contributed by atoms with Crippen LogP contribution in [0.25, 0.3) is 0 Å². The summed E-state index contributed by atoms with van der Waals surface area (Å²) in [6, 6.07) is 0. The highest BCUT2D eigenvalue weighted by Crippen LogP contribution is 2.20. The Labute approximate surface area is 83.7 Å². The van der Waals surface area contributed by atoms with Crippen molar-refractivity contribution in [3.8, 4) is 0 Å². The lowest BCUT2D eigenvalue weighted by Crippen LogP contribution is -2.19. The Morgan fingerprint density at radius 1 is 1.57 bits per heavy atom. The zero-order valence-corrected chi connectivity index (χ0v) is 9.23. The fourth-order valence-electron chi connectivity index (χ4n) is 0.982. The molecule has 0 aromatic carbocycles. The molecular weight excluding hydrogens is 207 g/mol. The zero-order chi connectivity index (χ0) is 11.1. The molecule has 0 rings (SSSR count). The lowest BCUT2D eigenvalue weighted by Gasteiger charge is -2.16. The monoisotopic (exact) mass is 222 g/mol. The van der Waals surface area contributed by atoms with Crippen LogP contribution in [0.5, 0.6) is 0 Å². The third-order valence-corrected chi connectivity index (χ3v) is 2.05. The Balaban J connectivity index is 3.81. The van der Waals surface area contributed by atoms with E-state index in [1.807, 2.05) is 0 Å². The number of carbonyl (C=O) groups is 1. The third kappa shape index (κ3) is 6.83. The van der Waals surface area contributed by atoms with E-state index in [-0.39, 0.29) is 6.10 Å². The molecule has 0 aliphatic carbocycles. The fraction of sp³-hybridized carbons (Fsp3) is 0.625. The number of rotatable bonds is 6. The van der Waals surface area contributed by atoms with Gasteiger partial charge >= 0.3 is 14.2 Å². The Morgan fingerprint density at radius 2 is 2.14 bits per heavy atom. The van der Waals surface area contributed by atoms with E-state index < -0.39 is 20.3 Å². The lowest BCUT2D eigenvalue weighted by molar-refractivity contribution is -0.143. The van der Waals surface area contributed by atoms with Crippen molar-refractivity contribution >= 4 is 14.2 Å². The van der Waals surface area contributed by atoms with E-state index in [0.29, 0.717) is 6.42 Å². The first-order chi connectivity index (χ1) is 6.45. The molecule has 0 amide bonds. The van der Waals surface area contributed by atoms with Crippen LogP contribution in [0.4, 0.5) is 0 Å². The maximum absolute atomic E-state index is 10.7. The largest absolute Gasteiger partial charge is 0.459 e. The summed E-state index contributed by atoms with van der Waals surface area (Å²) in [6.07, 6.45) is 0.656. The number of ether oxygens (including phenoxy) is 1. The van der Waals surface area contributed by atoms with Gasteiger partial charge in [0.05, 0.1) is 6.10 Å². The maximum atomic E-state index is 10.7. The van der Waals surface area contributed by atoms with E-state index in [9.17, 15) is 9.36 Å². The van der Waals surface area contributed by atoms with Crippen molar-refractivity contribution in [1.82, 2.24) is 0 Å². The van der Waals surface area contributed by atoms with Crippen molar-refractivity contribution in [1.29, 1.82) is 0 Å². The van der Waals surface area contributed by atoms with Gasteiger partial charge in [-0.1, -0.05) is 6.58 Å². The van der Waals surface area contributed by atoms with Gasteiger partial charge in [-0.3, -0.25) is 4.57 Å². The highest BCUT2D eigenvalue weighted by molar-refractivity contribution is 7.32. The Kier molecular flexibility index (Phi) is 6.45. The number of esters is 1. The molecule has 0 radical (unpaired) electrons. The highest BCUT2D eigenvalue weighted by Gasteiger charge is 2.13. The average Bonchev–Trinajstić information content (AvgIpc) is 2.01. The summed E-state index contributed by atoms with van der Waals surface area (Å²) in [7, 11) is -2.92. The maximum Gasteiger partial charge on any atom is 0.330 e. The molecule has 6 heteroatoms. The second-order valence-corrected chi connectivity index (χ2v) is 3.65. The molecule has 0 bridgehead atoms. The van der Waals surface area contributed by atoms with Crippen molar-refractivity contribution in [2.75, 3.05) is 0 Å². The van der Waals surface area contributed by atoms with E-state index in [0.717, 1.165) is 6.08 Å². The van der Waals surface area contributed by atoms with Gasteiger partial charge in [0.2, 0.25) is 0 Å². The Morgan fingerprint density at radius 3 is 2.57 bits per heavy atom. The minimum atomic E-state index is -2.92. The molecule has 0 aliphatic heterocycles. The molecule has 5 nitrogen and oxygen atoms in total. The Bertz CT molecular complexity index is 228. The van der Waals surface area contributed by atoms with Crippen molar-refractivity contribution in [3.05, 3.63) is 12.7 Å². The normalized spacial score (nSPS) is 16.8. The molecule has 0 heterocycles. The average molecular weight is 222 g/mol. The van der Waals surface area contributed by atoms with Crippen LogP contribution in [0.15, 0.2) is 12.7 Å². The van der Waals surface area contributed by atoms with Crippen LogP contribution in [-0.4, -0.2) is 23.1 Å². The van der Waals surface area contributed by atoms with Gasteiger partial charge in [-0.15, -0.1) is 0 Å². The summed E-state index contributed by atoms with van der Waals surface area (Å²) in [5.74, 6) is -0.513. The van der Waals surface area contributed by atoms with Gasteiger partial charge in [-0.2, -0.15) is 0 Å². The van der Waals surface area contributed by atoms with Crippen LogP contribution >= 0.6 is 8.25 Å². The van der Waals surface area contributed by atoms with Crippen LogP contribution in [0.2, 0.25) is 0 Å². The van der Waals surface area contributed by atoms with E-state index in [2.05, 4.69) is 11.1 Å². The van der Waals surface area contributed by atoms with Crippen molar-refractivity contribution in [2.24, 2.45) is 0 Å². The van der Waals surface area contributed by atoms with E-state index in [1.165, 1.54) is 0 Å². The highest BCUT2D eigenvalue weighted by atomic mass is 31.1. The zero-order valence-electron chi connectivity index (χ0n) is 8.23. The molecule has 0 spiro atoms. The van der Waals surface area contributed by atoms with E-state index >= 15 is 0 Å². The predicted octanol–water partition coefficient (Wildman–Crippen LogP) is 1.28. The van der Waals surface area contributed by atoms with Crippen LogP contribution in [0.1, 0.15) is 20.3 Å². The topological polar surface area (TPSA) is 72.8 Å². The van der Waals surface area contributed by atoms with Crippen LogP contribution < -0.4 is 0 Å². The summed E-state index contributed by atoms with van der Waals surface area (Å²) in [5.41, 5.74) is 0. The quantitative estimate of drug-likeness (QED) is 0.416. The smallest absolute Gasteiger partial charge is 0.330 e. The second-order valence-electron chi connectivity index (χ2n) is 2.88. The van der Waals surface area contributed by atoms with Gasteiger partial charge in [0.25, 0.3) is 0 Å². The van der Waals surface area contributed by atoms with Gasteiger partial charge in [0, 0.05) is 12.5 Å². The van der Waals surface area contributed by atoms with Crippen molar-refractivity contribution in [2.45, 2.75) is 32.5 Å². The van der Waals surface area contributed by atoms with Crippen LogP contribution in [0, 0.1) is 0 Å². The molecule has 0 aromatic rings. The summed E-state index contributed by atoms with van der Waals surface area (Å²) in [5, 5.41) is 0. The number of hydrogen-bond acceptors (Lipinski definition) is 4. The molecule has 0 saturated carbocycles. The van der Waals surface area contributed by atoms with Gasteiger partial charge < -0.3 is 14.2 Å². The first-order valence-electron chi connectivity index (χ1n) is 4.18. The van der Waals surface area contributed by atoms with E-state index in [1.54, 1.807) is 13.8 Å². The van der Waals surface area contributed by atoms with Crippen molar-refractivity contribution in [3.63, 3.8) is 0 Å². The van der Waals surface area contributed by atoms with E-state index in [4.69, 9.17) is 9.63 Å². The van der Waals surface area contributed by atoms with Gasteiger partial charge in [-0.05, 0) is 13.8 Å². The standard InChI is InChI=1S/C8H15O5P/c1-4-8(9)12-6(2)5-7(3)13-14(10)11/h4,6-7,14H,1,5H2,2-3H3,(H,10,11). The molecule has 1 N–H and O–H groups in total. The van der Waals surface area contributed by atoms with Crippen LogP contribution in [0.3, 0.4) is 0 Å². The summed E-state index contributed by atoms with van der Waals surface area (Å²) >= 11 is 0. The molecule has 3 unspecified atom stereocenters. The molecule has 0 aliphatic rings. The number of carbonyl (C=O) groups excluding carboxylic acids is 1. The molecular formula is C8H15O5P. The summed E-state index contributed by atoms with van der Waals surface area (Å²) in [6.45, 7) is 6.56. The molecule has 3 atom stereocenters. The minimum absolute atomic E-state index is 0.364. The SMILES string of the molecule is C=CC(=O)OC(C)CC(C)O[PH](=O)O. The molecule has 0 fully saturated rings. The minimum Gasteiger partial charge on any atom is -0.459 e. The van der Waals surface area contributed by atoms with Gasteiger partial charge in [0.1, 0.15) is 6.10 Å². The summed E-state index contributed by atoms with van der Waals surface area (Å²) in [4.78, 5) is 19.2. The predicted molar refractivity (Wildman–Crippen MR) is 52.1 cm³/mol. The number of hydrogen-bond donors (Lipinski definition) is 1. The lowest BCUT2D eigenvalue weighted by atomic mass is 10.2. The first-order valence-corrected chi connectivity index (χ1v) is 5.44. The van der Waals surface area contributed by atoms with Crippen molar-refractivity contribution < 1.29 is 23.5 Å². The van der Waals surface area contributed by atoms with Crippen LogP contribution in [-0.2, 0) is 18.6 Å². The molecule has 14 heavy (non-hydrogen) atoms. The van der Waals surface area contributed by atoms with Gasteiger partial charge in [-0.25, -0.2) is 4.79 Å². The molecule has 0 saturated heterocycles. The summed E-state index contributed by atoms with van der Waals surface area (Å²) < 4.78 is 19.8.